The minimum atomic E-state index is -5.34. The van der Waals surface area contributed by atoms with E-state index in [2.05, 4.69) is 46.0 Å². The summed E-state index contributed by atoms with van der Waals surface area (Å²) in [6.07, 6.45) is -1.24. The van der Waals surface area contributed by atoms with Gasteiger partial charge in [0.2, 0.25) is 11.9 Å². The maximum Gasteiger partial charge on any atom is 0.315 e. The van der Waals surface area contributed by atoms with Crippen molar-refractivity contribution in [1.82, 2.24) is 15.0 Å². The van der Waals surface area contributed by atoms with Crippen molar-refractivity contribution in [2.24, 2.45) is 20.5 Å². The molecule has 0 amide bonds. The largest absolute Gasteiger partial charge is 0.324 e. The van der Waals surface area contributed by atoms with Gasteiger partial charge in [0.1, 0.15) is 14.7 Å². The second-order valence-electron chi connectivity index (χ2n) is 13.5. The van der Waals surface area contributed by atoms with E-state index in [1.165, 1.54) is 48.5 Å². The van der Waals surface area contributed by atoms with Crippen molar-refractivity contribution in [3.8, 4) is 0 Å². The molecule has 7 N–H and O–H groups in total. The lowest BCUT2D eigenvalue weighted by Gasteiger charge is -2.11. The summed E-state index contributed by atoms with van der Waals surface area (Å²) in [6, 6.07) is 18.1. The molecular weight excluding hydrogens is 978 g/mol. The Balaban J connectivity index is 1.22. The summed E-state index contributed by atoms with van der Waals surface area (Å²) in [4.78, 5) is 6.59. The predicted octanol–water partition coefficient (Wildman–Crippen LogP) is 7.18. The van der Waals surface area contributed by atoms with Gasteiger partial charge in [0.05, 0.1) is 38.2 Å². The number of azo groups is 2. The maximum absolute atomic E-state index is 14.4. The smallest absolute Gasteiger partial charge is 0.315 e. The lowest BCUT2D eigenvalue weighted by Crippen LogP contribution is -2.08. The molecule has 7 rings (SSSR count). The fourth-order valence-electron chi connectivity index (χ4n) is 6.19. The zero-order chi connectivity index (χ0) is 48.1. The standard InChI is InChI=1S/C36H26FN9O15S5/c1-18-12-19(38-35-40-34(37)41-36(42-35)39-30-4-2-3-5-31(30)64(53,54)55)6-9-27(18)44-46-28-10-11-29(24-15-21(62(47,48)49)7-8-23(24)28)45-43-20-13-25-26(32(14-20)65(56,57)58)16-22(63(50,51)52)17-33(25)66(59,60)61/h2-17H,1H3,(H,47,48,49)(H,50,51,52)(H,53,54,55)(H,56,57,58)(H,59,60,61)(H2,38,39,40,41,42)/b45-43+,46-44+. The number of benzene rings is 6. The summed E-state index contributed by atoms with van der Waals surface area (Å²) in [5, 5.41) is 20.5. The fourth-order valence-corrected chi connectivity index (χ4v) is 9.39. The molecule has 0 radical (unpaired) electrons. The maximum atomic E-state index is 14.4. The first-order valence-corrected chi connectivity index (χ1v) is 24.9. The van der Waals surface area contributed by atoms with Crippen LogP contribution in [0.3, 0.4) is 0 Å². The molecule has 0 aliphatic rings. The highest BCUT2D eigenvalue weighted by Crippen LogP contribution is 2.39. The van der Waals surface area contributed by atoms with Crippen molar-refractivity contribution in [2.45, 2.75) is 31.4 Å². The van der Waals surface area contributed by atoms with Crippen molar-refractivity contribution in [3.05, 3.63) is 109 Å². The lowest BCUT2D eigenvalue weighted by molar-refractivity contribution is 0.478. The van der Waals surface area contributed by atoms with Gasteiger partial charge >= 0.3 is 6.08 Å². The first-order chi connectivity index (χ1) is 30.6. The van der Waals surface area contributed by atoms with Crippen LogP contribution < -0.4 is 10.6 Å². The molecule has 24 nitrogen and oxygen atoms in total. The van der Waals surface area contributed by atoms with E-state index < -0.39 is 104 Å². The van der Waals surface area contributed by atoms with Gasteiger partial charge in [0, 0.05) is 27.2 Å². The highest BCUT2D eigenvalue weighted by molar-refractivity contribution is 7.87. The molecule has 66 heavy (non-hydrogen) atoms. The molecule has 342 valence electrons. The number of rotatable bonds is 13. The van der Waals surface area contributed by atoms with E-state index in [0.29, 0.717) is 29.4 Å². The average molecular weight is 1000 g/mol. The molecule has 0 unspecified atom stereocenters. The number of fused-ring (bicyclic) bond motifs is 2. The minimum Gasteiger partial charge on any atom is -0.324 e. The van der Waals surface area contributed by atoms with E-state index >= 15 is 0 Å². The number of hydrogen-bond donors (Lipinski definition) is 7. The van der Waals surface area contributed by atoms with Gasteiger partial charge < -0.3 is 10.6 Å². The van der Waals surface area contributed by atoms with Gasteiger partial charge in [-0.2, -0.15) is 71.7 Å². The molecule has 0 aliphatic carbocycles. The van der Waals surface area contributed by atoms with Crippen molar-refractivity contribution in [1.29, 1.82) is 0 Å². The van der Waals surface area contributed by atoms with Gasteiger partial charge in [-0.05, 0) is 91.3 Å². The van der Waals surface area contributed by atoms with E-state index in [1.807, 2.05) is 0 Å². The minimum absolute atomic E-state index is 0.0336. The van der Waals surface area contributed by atoms with Crippen LogP contribution in [-0.2, 0) is 50.6 Å². The number of aromatic nitrogens is 3. The highest BCUT2D eigenvalue weighted by atomic mass is 32.2. The first-order valence-electron chi connectivity index (χ1n) is 17.7. The molecule has 0 saturated heterocycles. The van der Waals surface area contributed by atoms with Crippen molar-refractivity contribution >= 4 is 118 Å². The van der Waals surface area contributed by atoms with Crippen LogP contribution in [0.2, 0.25) is 0 Å². The Morgan fingerprint density at radius 3 is 1.62 bits per heavy atom. The fraction of sp³-hybridized carbons (Fsp3) is 0.0278. The zero-order valence-electron chi connectivity index (χ0n) is 32.6. The molecule has 0 bridgehead atoms. The Kier molecular flexibility index (Phi) is 12.3. The van der Waals surface area contributed by atoms with Crippen molar-refractivity contribution in [2.75, 3.05) is 10.6 Å². The molecule has 1 heterocycles. The second-order valence-corrected chi connectivity index (χ2v) is 20.6. The Hall–Kier alpha value is -6.87. The van der Waals surface area contributed by atoms with E-state index in [0.717, 1.165) is 24.3 Å². The monoisotopic (exact) mass is 1000 g/mol. The molecule has 0 fully saturated rings. The van der Waals surface area contributed by atoms with Crippen LogP contribution in [0.4, 0.5) is 50.4 Å². The van der Waals surface area contributed by atoms with E-state index in [4.69, 9.17) is 0 Å². The molecule has 1 aromatic heterocycles. The number of hydrogen-bond acceptors (Lipinski definition) is 19. The number of para-hydroxylation sites is 1. The van der Waals surface area contributed by atoms with Gasteiger partial charge in [-0.15, -0.1) is 10.2 Å². The normalized spacial score (nSPS) is 13.0. The first kappa shape index (κ1) is 47.1. The quantitative estimate of drug-likeness (QED) is 0.0444. The number of nitrogens with zero attached hydrogens (tertiary/aromatic N) is 7. The van der Waals surface area contributed by atoms with E-state index in [9.17, 15) is 69.2 Å². The highest BCUT2D eigenvalue weighted by Gasteiger charge is 2.26. The van der Waals surface area contributed by atoms with Gasteiger partial charge in [-0.25, -0.2) is 0 Å². The third-order valence-electron chi connectivity index (χ3n) is 9.06. The van der Waals surface area contributed by atoms with E-state index in [-0.39, 0.29) is 39.5 Å². The third kappa shape index (κ3) is 10.5. The lowest BCUT2D eigenvalue weighted by atomic mass is 10.1. The van der Waals surface area contributed by atoms with Crippen LogP contribution in [0, 0.1) is 13.0 Å². The van der Waals surface area contributed by atoms with E-state index in [1.54, 1.807) is 13.0 Å². The molecule has 0 aliphatic heterocycles. The van der Waals surface area contributed by atoms with Crippen LogP contribution >= 0.6 is 0 Å². The van der Waals surface area contributed by atoms with Gasteiger partial charge in [-0.1, -0.05) is 18.2 Å². The average Bonchev–Trinajstić information content (AvgIpc) is 3.20. The summed E-state index contributed by atoms with van der Waals surface area (Å²) in [6.45, 7) is 1.64. The topological polar surface area (TPSA) is 384 Å². The summed E-state index contributed by atoms with van der Waals surface area (Å²) < 4.78 is 184. The van der Waals surface area contributed by atoms with Gasteiger partial charge in [0.25, 0.3) is 50.6 Å². The van der Waals surface area contributed by atoms with Crippen molar-refractivity contribution in [3.63, 3.8) is 0 Å². The molecular formula is C36H26FN9O15S5. The second kappa shape index (κ2) is 17.2. The number of aryl methyl sites for hydroxylation is 1. The zero-order valence-corrected chi connectivity index (χ0v) is 36.7. The molecule has 30 heteroatoms. The summed E-state index contributed by atoms with van der Waals surface area (Å²) in [5.74, 6) is -0.701. The summed E-state index contributed by atoms with van der Waals surface area (Å²) >= 11 is 0. The van der Waals surface area contributed by atoms with Crippen LogP contribution in [0.25, 0.3) is 21.5 Å². The summed E-state index contributed by atoms with van der Waals surface area (Å²) in [5.41, 5.74) is 0.414. The van der Waals surface area contributed by atoms with Crippen LogP contribution in [0.1, 0.15) is 5.56 Å². The Morgan fingerprint density at radius 1 is 0.470 bits per heavy atom. The molecule has 0 spiro atoms. The van der Waals surface area contributed by atoms with Crippen molar-refractivity contribution < 1.29 is 69.2 Å². The number of nitrogens with one attached hydrogen (secondary N) is 2. The SMILES string of the molecule is Cc1cc(Nc2nc(F)nc(Nc3ccccc3S(=O)(=O)O)n2)ccc1/N=N/c1ccc(/N=N/c2cc(S(=O)(=O)O)c3cc(S(=O)(=O)O)cc(S(=O)(=O)O)c3c2)c2cc(S(=O)(=O)O)ccc12. The number of halogens is 1. The third-order valence-corrected chi connectivity index (χ3v) is 13.4. The van der Waals surface area contributed by atoms with Crippen LogP contribution in [0.5, 0.6) is 0 Å². The van der Waals surface area contributed by atoms with Crippen LogP contribution in [0.15, 0.2) is 142 Å². The molecule has 0 saturated carbocycles. The van der Waals surface area contributed by atoms with Gasteiger partial charge in [-0.3, -0.25) is 22.8 Å². The predicted molar refractivity (Wildman–Crippen MR) is 229 cm³/mol. The Bertz CT molecular complexity index is 3840. The van der Waals surface area contributed by atoms with Crippen LogP contribution in [-0.4, -0.2) is 79.8 Å². The molecule has 6 aromatic carbocycles. The Morgan fingerprint density at radius 2 is 1.00 bits per heavy atom. The molecule has 0 atom stereocenters. The van der Waals surface area contributed by atoms with Gasteiger partial charge in [0.15, 0.2) is 0 Å². The Labute approximate surface area is 371 Å². The number of anilines is 4. The summed E-state index contributed by atoms with van der Waals surface area (Å²) in [7, 11) is -25.3. The molecule has 7 aromatic rings.